The molecular formula is C14H20N2O5. The second-order valence-electron chi connectivity index (χ2n) is 4.62. The minimum Gasteiger partial charge on any atom is -0.480 e. The molecule has 1 aromatic carbocycles. The van der Waals surface area contributed by atoms with E-state index in [0.717, 1.165) is 5.56 Å². The lowest BCUT2D eigenvalue weighted by Crippen LogP contribution is -2.35. The lowest BCUT2D eigenvalue weighted by atomic mass is 10.1. The second kappa shape index (κ2) is 8.93. The van der Waals surface area contributed by atoms with Crippen LogP contribution in [-0.4, -0.2) is 41.0 Å². The van der Waals surface area contributed by atoms with Crippen molar-refractivity contribution in [1.82, 2.24) is 5.32 Å². The molecule has 1 amide bonds. The van der Waals surface area contributed by atoms with Crippen LogP contribution in [0.4, 0.5) is 4.79 Å². The average Bonchev–Trinajstić information content (AvgIpc) is 2.49. The molecule has 0 unspecified atom stereocenters. The largest absolute Gasteiger partial charge is 0.480 e. The summed E-state index contributed by atoms with van der Waals surface area (Å²) in [6, 6.07) is 8.19. The first-order chi connectivity index (χ1) is 9.99. The Morgan fingerprint density at radius 3 is 2.52 bits per heavy atom. The third kappa shape index (κ3) is 7.28. The monoisotopic (exact) mass is 296 g/mol. The number of nitrogens with two attached hydrogens (primary N) is 1. The fraction of sp³-hybridized carbons (Fsp3) is 0.429. The number of hydrogen-bond donors (Lipinski definition) is 4. The number of rotatable bonds is 8. The van der Waals surface area contributed by atoms with Crippen molar-refractivity contribution in [2.75, 3.05) is 6.54 Å². The number of carbonyl (C=O) groups is 2. The van der Waals surface area contributed by atoms with Crippen LogP contribution in [0.5, 0.6) is 0 Å². The van der Waals surface area contributed by atoms with Gasteiger partial charge in [0.1, 0.15) is 12.6 Å². The highest BCUT2D eigenvalue weighted by molar-refractivity contribution is 5.72. The standard InChI is InChI=1S/C14H20N2O5/c15-12(13(18)19)7-6-11(17)8-16-14(20)21-9-10-4-2-1-3-5-10/h1-5,11-12,17H,6-9,15H2,(H,16,20)(H,18,19)/t11-,12+/m1/s1. The van der Waals surface area contributed by atoms with Crippen molar-refractivity contribution in [1.29, 1.82) is 0 Å². The number of ether oxygens (including phenoxy) is 1. The maximum atomic E-state index is 11.4. The van der Waals surface area contributed by atoms with Crippen molar-refractivity contribution < 1.29 is 24.5 Å². The van der Waals surface area contributed by atoms with Crippen LogP contribution in [0, 0.1) is 0 Å². The van der Waals surface area contributed by atoms with E-state index in [0.29, 0.717) is 0 Å². The minimum absolute atomic E-state index is 0.0139. The quantitative estimate of drug-likeness (QED) is 0.553. The summed E-state index contributed by atoms with van der Waals surface area (Å²) in [7, 11) is 0. The molecule has 0 saturated heterocycles. The molecule has 0 aliphatic rings. The van der Waals surface area contributed by atoms with Gasteiger partial charge in [0.05, 0.1) is 6.10 Å². The molecule has 2 atom stereocenters. The SMILES string of the molecule is N[C@@H](CC[C@@H](O)CNC(=O)OCc1ccccc1)C(=O)O. The van der Waals surface area contributed by atoms with E-state index in [4.69, 9.17) is 15.6 Å². The highest BCUT2D eigenvalue weighted by Crippen LogP contribution is 2.02. The van der Waals surface area contributed by atoms with Gasteiger partial charge in [0.15, 0.2) is 0 Å². The number of alkyl carbamates (subject to hydrolysis) is 1. The molecule has 0 aliphatic carbocycles. The topological polar surface area (TPSA) is 122 Å². The van der Waals surface area contributed by atoms with Crippen molar-refractivity contribution in [2.45, 2.75) is 31.6 Å². The number of benzene rings is 1. The van der Waals surface area contributed by atoms with E-state index in [1.807, 2.05) is 30.3 Å². The van der Waals surface area contributed by atoms with Crippen LogP contribution in [0.2, 0.25) is 0 Å². The molecule has 0 spiro atoms. The van der Waals surface area contributed by atoms with Crippen LogP contribution in [0.15, 0.2) is 30.3 Å². The van der Waals surface area contributed by atoms with E-state index in [1.165, 1.54) is 0 Å². The van der Waals surface area contributed by atoms with Gasteiger partial charge in [-0.25, -0.2) is 4.79 Å². The average molecular weight is 296 g/mol. The van der Waals surface area contributed by atoms with Gasteiger partial charge in [-0.1, -0.05) is 30.3 Å². The van der Waals surface area contributed by atoms with E-state index in [2.05, 4.69) is 5.32 Å². The molecule has 0 aliphatic heterocycles. The Kier molecular flexibility index (Phi) is 7.20. The molecule has 0 saturated carbocycles. The number of nitrogens with one attached hydrogen (secondary N) is 1. The number of carbonyl (C=O) groups excluding carboxylic acids is 1. The molecule has 21 heavy (non-hydrogen) atoms. The number of aliphatic hydroxyl groups excluding tert-OH is 1. The summed E-state index contributed by atoms with van der Waals surface area (Å²) < 4.78 is 4.96. The first-order valence-electron chi connectivity index (χ1n) is 6.60. The number of aliphatic hydroxyl groups is 1. The van der Waals surface area contributed by atoms with Gasteiger partial charge in [0, 0.05) is 6.54 Å². The van der Waals surface area contributed by atoms with Gasteiger partial charge in [0.25, 0.3) is 0 Å². The van der Waals surface area contributed by atoms with Crippen LogP contribution in [0.3, 0.4) is 0 Å². The van der Waals surface area contributed by atoms with Crippen molar-refractivity contribution >= 4 is 12.1 Å². The third-order valence-electron chi connectivity index (χ3n) is 2.82. The van der Waals surface area contributed by atoms with Gasteiger partial charge in [-0.15, -0.1) is 0 Å². The Balaban J connectivity index is 2.16. The van der Waals surface area contributed by atoms with Gasteiger partial charge in [-0.3, -0.25) is 4.79 Å². The number of hydrogen-bond acceptors (Lipinski definition) is 5. The van der Waals surface area contributed by atoms with Crippen molar-refractivity contribution in [3.05, 3.63) is 35.9 Å². The fourth-order valence-electron chi connectivity index (χ4n) is 1.57. The van der Waals surface area contributed by atoms with Crippen molar-refractivity contribution in [2.24, 2.45) is 5.73 Å². The summed E-state index contributed by atoms with van der Waals surface area (Å²) in [5.74, 6) is -1.11. The Morgan fingerprint density at radius 1 is 1.24 bits per heavy atom. The van der Waals surface area contributed by atoms with Crippen LogP contribution in [0.25, 0.3) is 0 Å². The third-order valence-corrected chi connectivity index (χ3v) is 2.82. The summed E-state index contributed by atoms with van der Waals surface area (Å²) >= 11 is 0. The van der Waals surface area contributed by atoms with Crippen LogP contribution < -0.4 is 11.1 Å². The number of aliphatic carboxylic acids is 1. The zero-order valence-electron chi connectivity index (χ0n) is 11.6. The molecule has 0 heterocycles. The summed E-state index contributed by atoms with van der Waals surface area (Å²) in [5, 5.41) is 20.6. The lowest BCUT2D eigenvalue weighted by molar-refractivity contribution is -0.138. The molecule has 0 fully saturated rings. The van der Waals surface area contributed by atoms with Gasteiger partial charge in [-0.2, -0.15) is 0 Å². The molecule has 7 heteroatoms. The van der Waals surface area contributed by atoms with Crippen LogP contribution in [0.1, 0.15) is 18.4 Å². The van der Waals surface area contributed by atoms with E-state index in [9.17, 15) is 14.7 Å². The highest BCUT2D eigenvalue weighted by Gasteiger charge is 2.14. The predicted molar refractivity (Wildman–Crippen MR) is 75.5 cm³/mol. The molecule has 1 rings (SSSR count). The zero-order valence-corrected chi connectivity index (χ0v) is 11.6. The summed E-state index contributed by atoms with van der Waals surface area (Å²) in [4.78, 5) is 21.9. The van der Waals surface area contributed by atoms with E-state index >= 15 is 0 Å². The molecule has 116 valence electrons. The Morgan fingerprint density at radius 2 is 1.90 bits per heavy atom. The van der Waals surface area contributed by atoms with Gasteiger partial charge in [-0.05, 0) is 18.4 Å². The van der Waals surface area contributed by atoms with E-state index in [-0.39, 0.29) is 26.0 Å². The minimum atomic E-state index is -1.11. The Bertz CT molecular complexity index is 452. The number of amides is 1. The molecular weight excluding hydrogens is 276 g/mol. The highest BCUT2D eigenvalue weighted by atomic mass is 16.5. The molecule has 7 nitrogen and oxygen atoms in total. The molecule has 0 radical (unpaired) electrons. The Hall–Kier alpha value is -2.12. The van der Waals surface area contributed by atoms with Crippen molar-refractivity contribution in [3.63, 3.8) is 0 Å². The second-order valence-corrected chi connectivity index (χ2v) is 4.62. The molecule has 1 aromatic rings. The molecule has 0 bridgehead atoms. The van der Waals surface area contributed by atoms with Gasteiger partial charge < -0.3 is 26.0 Å². The zero-order chi connectivity index (χ0) is 15.7. The number of carboxylic acids is 1. The first-order valence-corrected chi connectivity index (χ1v) is 6.60. The maximum absolute atomic E-state index is 11.4. The summed E-state index contributed by atoms with van der Waals surface area (Å²) in [5.41, 5.74) is 6.17. The smallest absolute Gasteiger partial charge is 0.407 e. The normalized spacial score (nSPS) is 13.2. The van der Waals surface area contributed by atoms with E-state index in [1.54, 1.807) is 0 Å². The van der Waals surface area contributed by atoms with Gasteiger partial charge in [0.2, 0.25) is 0 Å². The first kappa shape index (κ1) is 16.9. The maximum Gasteiger partial charge on any atom is 0.407 e. The van der Waals surface area contributed by atoms with Crippen LogP contribution in [-0.2, 0) is 16.1 Å². The van der Waals surface area contributed by atoms with Crippen molar-refractivity contribution in [3.8, 4) is 0 Å². The molecule has 5 N–H and O–H groups in total. The number of carboxylic acid groups (broad SMARTS) is 1. The van der Waals surface area contributed by atoms with Crippen LogP contribution >= 0.6 is 0 Å². The van der Waals surface area contributed by atoms with E-state index < -0.39 is 24.2 Å². The summed E-state index contributed by atoms with van der Waals surface area (Å²) in [6.07, 6.45) is -1.18. The molecule has 0 aromatic heterocycles. The van der Waals surface area contributed by atoms with Gasteiger partial charge >= 0.3 is 12.1 Å². The Labute approximate surface area is 122 Å². The predicted octanol–water partition coefficient (Wildman–Crippen LogP) is 0.466. The summed E-state index contributed by atoms with van der Waals surface area (Å²) in [6.45, 7) is 0.132. The fourth-order valence-corrected chi connectivity index (χ4v) is 1.57. The lowest BCUT2D eigenvalue weighted by Gasteiger charge is -2.13.